The summed E-state index contributed by atoms with van der Waals surface area (Å²) in [6, 6.07) is -3.65. The molecule has 0 aliphatic carbocycles. The lowest BCUT2D eigenvalue weighted by Gasteiger charge is -2.42. The Morgan fingerprint density at radius 1 is 1.38 bits per heavy atom. The summed E-state index contributed by atoms with van der Waals surface area (Å²) in [5.41, 5.74) is 4.70. The van der Waals surface area contributed by atoms with Gasteiger partial charge in [-0.25, -0.2) is 15.3 Å². The van der Waals surface area contributed by atoms with Crippen LogP contribution in [0.25, 0.3) is 0 Å². The van der Waals surface area contributed by atoms with Crippen LogP contribution >= 0.6 is 11.3 Å². The number of nitrogens with zero attached hydrogens (tertiary/aromatic N) is 3. The summed E-state index contributed by atoms with van der Waals surface area (Å²) in [6.07, 6.45) is 0. The minimum Gasteiger partial charge on any atom is -0.478 e. The number of aromatic nitrogens is 1. The molecule has 176 valence electrons. The highest BCUT2D eigenvalue weighted by molar-refractivity contribution is 7.84. The molecule has 1 aromatic rings. The van der Waals surface area contributed by atoms with Crippen molar-refractivity contribution in [3.63, 3.8) is 0 Å². The van der Waals surface area contributed by atoms with E-state index < -0.39 is 57.4 Å². The molecular formula is C14H18N6O10S2. The quantitative estimate of drug-likeness (QED) is 0.103. The van der Waals surface area contributed by atoms with Crippen LogP contribution in [0, 0.1) is 0 Å². The van der Waals surface area contributed by atoms with Crippen LogP contribution in [0.3, 0.4) is 0 Å². The van der Waals surface area contributed by atoms with Gasteiger partial charge in [0, 0.05) is 5.38 Å². The van der Waals surface area contributed by atoms with Gasteiger partial charge in [0.15, 0.2) is 16.9 Å². The Morgan fingerprint density at radius 2 is 2.00 bits per heavy atom. The standard InChI is InChI=1S/C14H18N6O10S2/c1-14(2,12(24)25)30-18-6(5-4-31-13(15)16-5)9(21)17-7-8(10(22)19-29-3)20(11(7)23)32(26,27)28/h4,7-8H,1-3H3,(H2,15,16)(H,17,21)(H,19,22)(H,24,25)(H,26,27,28)/b18-6-. The summed E-state index contributed by atoms with van der Waals surface area (Å²) < 4.78 is 31.9. The maximum Gasteiger partial charge on any atom is 0.363 e. The van der Waals surface area contributed by atoms with E-state index in [9.17, 15) is 32.1 Å². The minimum atomic E-state index is -5.14. The number of rotatable bonds is 9. The van der Waals surface area contributed by atoms with E-state index in [1.165, 1.54) is 5.38 Å². The van der Waals surface area contributed by atoms with E-state index in [-0.39, 0.29) is 15.1 Å². The van der Waals surface area contributed by atoms with Gasteiger partial charge in [-0.15, -0.1) is 11.3 Å². The topological polar surface area (TPSA) is 240 Å². The van der Waals surface area contributed by atoms with Crippen molar-refractivity contribution >= 4 is 56.2 Å². The molecule has 1 aliphatic heterocycles. The number of aliphatic carboxylic acids is 1. The lowest BCUT2D eigenvalue weighted by Crippen LogP contribution is -2.76. The molecule has 0 saturated carbocycles. The summed E-state index contributed by atoms with van der Waals surface area (Å²) in [6.45, 7) is 2.29. The lowest BCUT2D eigenvalue weighted by molar-refractivity contribution is -0.161. The Kier molecular flexibility index (Phi) is 7.03. The third-order valence-electron chi connectivity index (χ3n) is 3.92. The van der Waals surface area contributed by atoms with Gasteiger partial charge in [0.1, 0.15) is 11.7 Å². The van der Waals surface area contributed by atoms with Crippen molar-refractivity contribution < 1.29 is 46.9 Å². The van der Waals surface area contributed by atoms with Crippen LogP contribution in [0.1, 0.15) is 19.5 Å². The molecule has 0 radical (unpaired) electrons. The van der Waals surface area contributed by atoms with Gasteiger partial charge >= 0.3 is 16.3 Å². The summed E-state index contributed by atoms with van der Waals surface area (Å²) >= 11 is 0.911. The zero-order chi connectivity index (χ0) is 24.4. The number of carbonyl (C=O) groups is 4. The first-order chi connectivity index (χ1) is 14.7. The molecule has 2 rings (SSSR count). The molecule has 1 aromatic heterocycles. The van der Waals surface area contributed by atoms with E-state index >= 15 is 0 Å². The maximum atomic E-state index is 12.8. The molecule has 2 atom stereocenters. The largest absolute Gasteiger partial charge is 0.478 e. The first kappa shape index (κ1) is 24.9. The van der Waals surface area contributed by atoms with Gasteiger partial charge in [0.2, 0.25) is 5.60 Å². The number of thiazole rings is 1. The van der Waals surface area contributed by atoms with Gasteiger partial charge in [-0.1, -0.05) is 5.16 Å². The molecule has 0 spiro atoms. The van der Waals surface area contributed by atoms with Crippen LogP contribution in [-0.2, 0) is 39.2 Å². The number of amides is 3. The minimum absolute atomic E-state index is 0.0209. The SMILES string of the molecule is CONC(=O)C1C(NC(=O)/C(=N\OC(C)(C)C(=O)O)c2csc(N)n2)C(=O)N1S(=O)(=O)O. The van der Waals surface area contributed by atoms with Crippen LogP contribution in [0.2, 0.25) is 0 Å². The number of carboxylic acids is 1. The molecule has 16 nitrogen and oxygen atoms in total. The Balaban J connectivity index is 2.36. The lowest BCUT2D eigenvalue weighted by atomic mass is 9.97. The van der Waals surface area contributed by atoms with E-state index in [1.807, 2.05) is 0 Å². The molecule has 2 unspecified atom stereocenters. The van der Waals surface area contributed by atoms with E-state index in [1.54, 1.807) is 5.48 Å². The normalized spacial score (nSPS) is 19.2. The number of hydrogen-bond acceptors (Lipinski definition) is 12. The highest BCUT2D eigenvalue weighted by Gasteiger charge is 2.58. The third-order valence-corrected chi connectivity index (χ3v) is 5.50. The van der Waals surface area contributed by atoms with Gasteiger partial charge in [-0.3, -0.25) is 23.8 Å². The molecular weight excluding hydrogens is 476 g/mol. The number of nitrogens with one attached hydrogen (secondary N) is 2. The third kappa shape index (κ3) is 5.10. The Labute approximate surface area is 184 Å². The molecule has 0 bridgehead atoms. The predicted octanol–water partition coefficient (Wildman–Crippen LogP) is -2.51. The monoisotopic (exact) mass is 494 g/mol. The van der Waals surface area contributed by atoms with Crippen molar-refractivity contribution in [3.05, 3.63) is 11.1 Å². The second-order valence-electron chi connectivity index (χ2n) is 6.60. The summed E-state index contributed by atoms with van der Waals surface area (Å²) in [7, 11) is -4.11. The van der Waals surface area contributed by atoms with Crippen molar-refractivity contribution in [3.8, 4) is 0 Å². The Morgan fingerprint density at radius 3 is 2.47 bits per heavy atom. The number of β-lactam (4-membered cyclic amide) rings is 1. The van der Waals surface area contributed by atoms with Gasteiger partial charge in [0.25, 0.3) is 17.7 Å². The zero-order valence-corrected chi connectivity index (χ0v) is 18.3. The fourth-order valence-corrected chi connectivity index (χ4v) is 3.68. The van der Waals surface area contributed by atoms with Crippen LogP contribution in [-0.4, -0.2) is 81.6 Å². The second kappa shape index (κ2) is 9.02. The van der Waals surface area contributed by atoms with E-state index in [2.05, 4.69) is 20.3 Å². The number of hydroxylamine groups is 1. The van der Waals surface area contributed by atoms with E-state index in [0.717, 1.165) is 32.3 Å². The number of anilines is 1. The van der Waals surface area contributed by atoms with Crippen molar-refractivity contribution in [1.29, 1.82) is 0 Å². The molecule has 3 amide bonds. The van der Waals surface area contributed by atoms with Crippen LogP contribution in [0.5, 0.6) is 0 Å². The maximum absolute atomic E-state index is 12.8. The summed E-state index contributed by atoms with van der Waals surface area (Å²) in [4.78, 5) is 61.4. The number of nitrogens with two attached hydrogens (primary N) is 1. The average molecular weight is 494 g/mol. The summed E-state index contributed by atoms with van der Waals surface area (Å²) in [5, 5.41) is 16.0. The molecule has 18 heteroatoms. The molecule has 0 aromatic carbocycles. The van der Waals surface area contributed by atoms with Crippen molar-refractivity contribution in [2.75, 3.05) is 12.8 Å². The molecule has 6 N–H and O–H groups in total. The van der Waals surface area contributed by atoms with E-state index in [0.29, 0.717) is 0 Å². The zero-order valence-electron chi connectivity index (χ0n) is 16.6. The highest BCUT2D eigenvalue weighted by atomic mass is 32.2. The molecule has 32 heavy (non-hydrogen) atoms. The number of hydrogen-bond donors (Lipinski definition) is 5. The Hall–Kier alpha value is -3.35. The number of nitrogen functional groups attached to an aromatic ring is 1. The number of carboxylic acid groups (broad SMARTS) is 1. The van der Waals surface area contributed by atoms with Gasteiger partial charge < -0.3 is 21.0 Å². The highest BCUT2D eigenvalue weighted by Crippen LogP contribution is 2.24. The first-order valence-electron chi connectivity index (χ1n) is 8.36. The van der Waals surface area contributed by atoms with Crippen LogP contribution in [0.15, 0.2) is 10.5 Å². The van der Waals surface area contributed by atoms with E-state index in [4.69, 9.17) is 15.7 Å². The van der Waals surface area contributed by atoms with Crippen molar-refractivity contribution in [1.82, 2.24) is 20.1 Å². The fourth-order valence-electron chi connectivity index (χ4n) is 2.29. The predicted molar refractivity (Wildman–Crippen MR) is 105 cm³/mol. The molecule has 1 aliphatic rings. The number of carbonyl (C=O) groups excluding carboxylic acids is 3. The summed E-state index contributed by atoms with van der Waals surface area (Å²) in [5.74, 6) is -5.09. The van der Waals surface area contributed by atoms with Crippen LogP contribution in [0.4, 0.5) is 5.13 Å². The average Bonchev–Trinajstić information content (AvgIpc) is 3.08. The smallest absolute Gasteiger partial charge is 0.363 e. The van der Waals surface area contributed by atoms with Gasteiger partial charge in [-0.05, 0) is 13.8 Å². The molecule has 1 fully saturated rings. The molecule has 2 heterocycles. The molecule has 1 saturated heterocycles. The van der Waals surface area contributed by atoms with Gasteiger partial charge in [-0.2, -0.15) is 12.7 Å². The van der Waals surface area contributed by atoms with Gasteiger partial charge in [0.05, 0.1) is 7.11 Å². The van der Waals surface area contributed by atoms with Crippen LogP contribution < -0.4 is 16.5 Å². The van der Waals surface area contributed by atoms with Crippen molar-refractivity contribution in [2.24, 2.45) is 5.16 Å². The fraction of sp³-hybridized carbons (Fsp3) is 0.429. The van der Waals surface area contributed by atoms with Crippen molar-refractivity contribution in [2.45, 2.75) is 31.5 Å². The number of oxime groups is 1. The Bertz CT molecular complexity index is 1080. The first-order valence-corrected chi connectivity index (χ1v) is 10.6. The second-order valence-corrected chi connectivity index (χ2v) is 8.77.